The van der Waals surface area contributed by atoms with E-state index in [0.29, 0.717) is 17.8 Å². The largest absolute Gasteiger partial charge is 0.481 e. The first-order valence-corrected chi connectivity index (χ1v) is 19.0. The zero-order valence-corrected chi connectivity index (χ0v) is 32.2. The molecular formula is C38H57N5O7S. The number of nitrogens with zero attached hydrogens (tertiary/aromatic N) is 3. The molecule has 1 aromatic heterocycles. The first kappa shape index (κ1) is 41.6. The molecule has 7 atom stereocenters. The van der Waals surface area contributed by atoms with Crippen molar-refractivity contribution in [1.82, 2.24) is 25.4 Å². The van der Waals surface area contributed by atoms with Crippen LogP contribution >= 0.6 is 11.3 Å². The van der Waals surface area contributed by atoms with Crippen LogP contribution < -0.4 is 10.6 Å². The Balaban J connectivity index is 1.81. The molecule has 7 unspecified atom stereocenters. The van der Waals surface area contributed by atoms with Crippen LogP contribution in [0, 0.1) is 17.8 Å². The maximum absolute atomic E-state index is 14.2. The third kappa shape index (κ3) is 12.1. The lowest BCUT2D eigenvalue weighted by Gasteiger charge is -2.38. The van der Waals surface area contributed by atoms with Crippen molar-refractivity contribution in [3.8, 4) is 0 Å². The van der Waals surface area contributed by atoms with Gasteiger partial charge in [0.25, 0.3) is 5.91 Å². The van der Waals surface area contributed by atoms with Crippen LogP contribution in [0.3, 0.4) is 0 Å². The molecule has 3 N–H and O–H groups in total. The number of carbonyl (C=O) groups is 5. The van der Waals surface area contributed by atoms with Crippen molar-refractivity contribution >= 4 is 41.0 Å². The predicted octanol–water partition coefficient (Wildman–Crippen LogP) is 5.09. The van der Waals surface area contributed by atoms with Crippen molar-refractivity contribution < 1.29 is 33.8 Å². The molecule has 3 amide bonds. The van der Waals surface area contributed by atoms with Gasteiger partial charge in [0, 0.05) is 37.9 Å². The van der Waals surface area contributed by atoms with Crippen molar-refractivity contribution in [2.24, 2.45) is 17.8 Å². The summed E-state index contributed by atoms with van der Waals surface area (Å²) in [5.41, 5.74) is 1.09. The normalized spacial score (nSPS) is 18.5. The number of likely N-dealkylation sites (N-methyl/N-ethyl adjacent to an activating group) is 2. The van der Waals surface area contributed by atoms with Gasteiger partial charge in [-0.2, -0.15) is 0 Å². The molecule has 0 spiro atoms. The first-order chi connectivity index (χ1) is 24.1. The average Bonchev–Trinajstić information content (AvgIpc) is 3.59. The van der Waals surface area contributed by atoms with Crippen LogP contribution in [0.15, 0.2) is 35.7 Å². The average molecular weight is 728 g/mol. The standard InChI is InChI=1S/C38H57N5O7S/c1-9-24(4)33(41-35(46)30-17-13-14-18-42(30)7)37(47)43(8)31(23(2)3)21-32(50-26(6)44)36-40-29(22-51-36)34(45)39-28(19-25(5)38(48)49)20-27-15-11-10-12-16-27/h10-12,15-16,22-25,28,30-33H,9,13-14,17-21H2,1-8H3,(H,39,45)(H,41,46)(H,48,49). The van der Waals surface area contributed by atoms with Crippen LogP contribution in [0.1, 0.15) is 107 Å². The second-order valence-corrected chi connectivity index (χ2v) is 15.3. The summed E-state index contributed by atoms with van der Waals surface area (Å²) in [5.74, 6) is -3.11. The summed E-state index contributed by atoms with van der Waals surface area (Å²) in [6.07, 6.45) is 3.53. The number of hydrogen-bond donors (Lipinski definition) is 3. The summed E-state index contributed by atoms with van der Waals surface area (Å²) in [7, 11) is 3.66. The topological polar surface area (TPSA) is 158 Å². The molecule has 1 aromatic carbocycles. The Morgan fingerprint density at radius 3 is 2.33 bits per heavy atom. The highest BCUT2D eigenvalue weighted by Crippen LogP contribution is 2.31. The fraction of sp³-hybridized carbons (Fsp3) is 0.632. The maximum atomic E-state index is 14.2. The number of thiazole rings is 1. The molecule has 2 heterocycles. The van der Waals surface area contributed by atoms with Crippen molar-refractivity contribution in [3.05, 3.63) is 52.0 Å². The van der Waals surface area contributed by atoms with E-state index in [-0.39, 0.29) is 48.2 Å². The number of likely N-dealkylation sites (tertiary alicyclic amines) is 1. The van der Waals surface area contributed by atoms with Gasteiger partial charge in [0.15, 0.2) is 6.10 Å². The summed E-state index contributed by atoms with van der Waals surface area (Å²) in [6.45, 7) is 11.7. The molecule has 51 heavy (non-hydrogen) atoms. The Morgan fingerprint density at radius 2 is 1.75 bits per heavy atom. The van der Waals surface area contributed by atoms with Crippen LogP contribution in [0.4, 0.5) is 0 Å². The molecule has 12 nitrogen and oxygen atoms in total. The van der Waals surface area contributed by atoms with Crippen molar-refractivity contribution in [2.45, 2.75) is 117 Å². The van der Waals surface area contributed by atoms with Crippen molar-refractivity contribution in [2.75, 3.05) is 20.6 Å². The number of carbonyl (C=O) groups excluding carboxylic acids is 4. The minimum atomic E-state index is -0.944. The third-order valence-corrected chi connectivity index (χ3v) is 10.9. The Labute approximate surface area is 306 Å². The van der Waals surface area contributed by atoms with Gasteiger partial charge < -0.3 is 25.4 Å². The Kier molecular flexibility index (Phi) is 16.0. The van der Waals surface area contributed by atoms with Gasteiger partial charge in [0.05, 0.1) is 12.0 Å². The third-order valence-electron chi connectivity index (χ3n) is 9.98. The molecule has 1 aliphatic rings. The molecule has 3 rings (SSSR count). The fourth-order valence-electron chi connectivity index (χ4n) is 6.64. The Hall–Kier alpha value is -3.84. The molecule has 2 aromatic rings. The summed E-state index contributed by atoms with van der Waals surface area (Å²) in [4.78, 5) is 73.3. The molecule has 0 radical (unpaired) electrons. The Morgan fingerprint density at radius 1 is 1.06 bits per heavy atom. The number of aliphatic carboxylic acids is 1. The van der Waals surface area contributed by atoms with E-state index in [2.05, 4.69) is 15.6 Å². The van der Waals surface area contributed by atoms with Crippen LogP contribution in [-0.2, 0) is 30.3 Å². The zero-order valence-electron chi connectivity index (χ0n) is 31.4. The van der Waals surface area contributed by atoms with Gasteiger partial charge in [-0.3, -0.25) is 28.9 Å². The fourth-order valence-corrected chi connectivity index (χ4v) is 7.48. The molecule has 1 aliphatic heterocycles. The number of nitrogens with one attached hydrogen (secondary N) is 2. The van der Waals surface area contributed by atoms with Gasteiger partial charge in [-0.05, 0) is 56.7 Å². The minimum absolute atomic E-state index is 0.0486. The van der Waals surface area contributed by atoms with Gasteiger partial charge in [-0.25, -0.2) is 4.98 Å². The maximum Gasteiger partial charge on any atom is 0.306 e. The lowest BCUT2D eigenvalue weighted by atomic mass is 9.92. The molecule has 0 aliphatic carbocycles. The van der Waals surface area contributed by atoms with E-state index in [9.17, 15) is 29.1 Å². The minimum Gasteiger partial charge on any atom is -0.481 e. The van der Waals surface area contributed by atoms with Crippen LogP contribution in [-0.4, -0.2) is 94.4 Å². The molecule has 0 saturated carbocycles. The number of benzene rings is 1. The van der Waals surface area contributed by atoms with Gasteiger partial charge in [-0.1, -0.05) is 77.8 Å². The van der Waals surface area contributed by atoms with E-state index in [0.717, 1.165) is 31.4 Å². The molecule has 1 fully saturated rings. The number of carboxylic acid groups (broad SMARTS) is 1. The van der Waals surface area contributed by atoms with E-state index >= 15 is 0 Å². The highest BCUT2D eigenvalue weighted by Gasteiger charge is 2.37. The van der Waals surface area contributed by atoms with E-state index in [4.69, 9.17) is 4.74 Å². The SMILES string of the molecule is CCC(C)C(NC(=O)C1CCCCN1C)C(=O)N(C)C(CC(OC(C)=O)c1nc(C(=O)NC(Cc2ccccc2)CC(C)C(=O)O)cs1)C(C)C. The number of hydrogen-bond acceptors (Lipinski definition) is 9. The number of esters is 1. The summed E-state index contributed by atoms with van der Waals surface area (Å²) >= 11 is 1.18. The number of amides is 3. The van der Waals surface area contributed by atoms with E-state index in [1.165, 1.54) is 18.3 Å². The number of rotatable bonds is 18. The van der Waals surface area contributed by atoms with E-state index < -0.39 is 48.0 Å². The Bertz CT molecular complexity index is 1470. The second kappa shape index (κ2) is 19.7. The van der Waals surface area contributed by atoms with Crippen molar-refractivity contribution in [3.63, 3.8) is 0 Å². The number of aromatic nitrogens is 1. The summed E-state index contributed by atoms with van der Waals surface area (Å²) in [5, 5.41) is 17.6. The van der Waals surface area contributed by atoms with E-state index in [1.54, 1.807) is 24.3 Å². The smallest absolute Gasteiger partial charge is 0.306 e. The molecule has 13 heteroatoms. The van der Waals surface area contributed by atoms with Crippen LogP contribution in [0.2, 0.25) is 0 Å². The van der Waals surface area contributed by atoms with Gasteiger partial charge in [0.2, 0.25) is 11.8 Å². The highest BCUT2D eigenvalue weighted by molar-refractivity contribution is 7.09. The summed E-state index contributed by atoms with van der Waals surface area (Å²) < 4.78 is 5.76. The van der Waals surface area contributed by atoms with Crippen molar-refractivity contribution in [1.29, 1.82) is 0 Å². The molecule has 0 bridgehead atoms. The quantitative estimate of drug-likeness (QED) is 0.178. The molecular weight excluding hydrogens is 671 g/mol. The number of piperidine rings is 1. The first-order valence-electron chi connectivity index (χ1n) is 18.1. The number of carboxylic acids is 1. The van der Waals surface area contributed by atoms with Gasteiger partial charge in [-0.15, -0.1) is 11.3 Å². The summed E-state index contributed by atoms with van der Waals surface area (Å²) in [6, 6.07) is 7.68. The zero-order chi connectivity index (χ0) is 37.8. The monoisotopic (exact) mass is 727 g/mol. The predicted molar refractivity (Wildman–Crippen MR) is 197 cm³/mol. The van der Waals surface area contributed by atoms with Gasteiger partial charge in [0.1, 0.15) is 16.7 Å². The lowest BCUT2D eigenvalue weighted by Crippen LogP contribution is -2.58. The molecule has 282 valence electrons. The second-order valence-electron chi connectivity index (χ2n) is 14.4. The van der Waals surface area contributed by atoms with Gasteiger partial charge >= 0.3 is 11.9 Å². The van der Waals surface area contributed by atoms with Crippen LogP contribution in [0.5, 0.6) is 0 Å². The number of ether oxygens (including phenoxy) is 1. The van der Waals surface area contributed by atoms with E-state index in [1.807, 2.05) is 70.0 Å². The lowest BCUT2D eigenvalue weighted by molar-refractivity contribution is -0.149. The molecule has 1 saturated heterocycles. The van der Waals surface area contributed by atoms with Crippen LogP contribution in [0.25, 0.3) is 0 Å². The highest BCUT2D eigenvalue weighted by atomic mass is 32.1.